The lowest BCUT2D eigenvalue weighted by atomic mass is 10.1. The Morgan fingerprint density at radius 2 is 2.44 bits per heavy atom. The number of carbonyl (C=O) groups excluding carboxylic acids is 1. The number of hydrogen-bond donors (Lipinski definition) is 3. The van der Waals surface area contributed by atoms with E-state index in [0.29, 0.717) is 13.0 Å². The van der Waals surface area contributed by atoms with E-state index < -0.39 is 12.1 Å². The van der Waals surface area contributed by atoms with E-state index in [1.165, 1.54) is 0 Å². The number of carbonyl (C=O) groups is 2. The Morgan fingerprint density at radius 3 is 3.06 bits per heavy atom. The lowest BCUT2D eigenvalue weighted by Gasteiger charge is -2.08. The summed E-state index contributed by atoms with van der Waals surface area (Å²) in [7, 11) is 0. The topological polar surface area (TPSA) is 117 Å². The summed E-state index contributed by atoms with van der Waals surface area (Å²) in [6.07, 6.45) is 2.99. The van der Waals surface area contributed by atoms with Gasteiger partial charge in [0.05, 0.1) is 6.33 Å². The molecule has 3 N–H and O–H groups in total. The highest BCUT2D eigenvalue weighted by Crippen LogP contribution is 2.10. The largest absolute Gasteiger partial charge is 0.477 e. The van der Waals surface area contributed by atoms with Gasteiger partial charge in [0.1, 0.15) is 0 Å². The minimum absolute atomic E-state index is 0.00871. The lowest BCUT2D eigenvalue weighted by Crippen LogP contribution is -2.36. The van der Waals surface area contributed by atoms with Crippen LogP contribution in [0.5, 0.6) is 0 Å². The van der Waals surface area contributed by atoms with Crippen LogP contribution in [0.25, 0.3) is 0 Å². The van der Waals surface area contributed by atoms with Crippen LogP contribution in [0, 0.1) is 0 Å². The average molecular weight is 252 g/mol. The van der Waals surface area contributed by atoms with Gasteiger partial charge in [-0.25, -0.2) is 9.78 Å². The average Bonchev–Trinajstić information content (AvgIpc) is 2.99. The van der Waals surface area contributed by atoms with Crippen molar-refractivity contribution in [2.75, 3.05) is 6.54 Å². The number of carboxylic acids is 1. The number of nitrogens with zero attached hydrogens (tertiary/aromatic N) is 2. The maximum atomic E-state index is 11.6. The van der Waals surface area contributed by atoms with Gasteiger partial charge >= 0.3 is 5.97 Å². The molecule has 1 aromatic rings. The van der Waals surface area contributed by atoms with Crippen molar-refractivity contribution in [3.8, 4) is 0 Å². The van der Waals surface area contributed by atoms with Gasteiger partial charge in [-0.05, 0) is 0 Å². The van der Waals surface area contributed by atoms with Crippen molar-refractivity contribution in [2.45, 2.75) is 18.9 Å². The van der Waals surface area contributed by atoms with E-state index in [-0.39, 0.29) is 18.0 Å². The number of rotatable bonds is 5. The van der Waals surface area contributed by atoms with Crippen molar-refractivity contribution in [1.29, 1.82) is 0 Å². The molecule has 1 amide bonds. The Morgan fingerprint density at radius 1 is 1.61 bits per heavy atom. The van der Waals surface area contributed by atoms with Gasteiger partial charge in [0.25, 0.3) is 5.91 Å². The number of carboxylic acid groups (broad SMARTS) is 1. The van der Waals surface area contributed by atoms with Gasteiger partial charge in [0.2, 0.25) is 6.10 Å². The lowest BCUT2D eigenvalue weighted by molar-refractivity contribution is -0.131. The van der Waals surface area contributed by atoms with E-state index in [1.807, 2.05) is 0 Å². The number of amides is 1. The van der Waals surface area contributed by atoms with E-state index in [4.69, 9.17) is 9.94 Å². The van der Waals surface area contributed by atoms with Gasteiger partial charge in [0.15, 0.2) is 5.71 Å². The SMILES string of the molecule is O=C(O)C1=NOC(C(=O)NCCc2cnc[nH]2)C1. The second-order valence-corrected chi connectivity index (χ2v) is 3.76. The minimum Gasteiger partial charge on any atom is -0.477 e. The van der Waals surface area contributed by atoms with E-state index in [9.17, 15) is 9.59 Å². The van der Waals surface area contributed by atoms with Crippen LogP contribution in [0.1, 0.15) is 12.1 Å². The first kappa shape index (κ1) is 12.1. The summed E-state index contributed by atoms with van der Waals surface area (Å²) in [5.74, 6) is -1.53. The smallest absolute Gasteiger partial charge is 0.353 e. The molecular weight excluding hydrogens is 240 g/mol. The van der Waals surface area contributed by atoms with Gasteiger partial charge in [-0.3, -0.25) is 4.79 Å². The maximum absolute atomic E-state index is 11.6. The molecule has 0 saturated heterocycles. The fourth-order valence-corrected chi connectivity index (χ4v) is 1.50. The standard InChI is InChI=1S/C10H12N4O4/c15-9(8-3-7(10(16)17)14-18-8)12-2-1-6-4-11-5-13-6/h4-5,8H,1-3H2,(H,11,13)(H,12,15)(H,16,17). The summed E-state index contributed by atoms with van der Waals surface area (Å²) in [4.78, 5) is 33.7. The summed E-state index contributed by atoms with van der Waals surface area (Å²) < 4.78 is 0. The van der Waals surface area contributed by atoms with Crippen molar-refractivity contribution in [3.05, 3.63) is 18.2 Å². The van der Waals surface area contributed by atoms with Crippen LogP contribution < -0.4 is 5.32 Å². The molecule has 0 radical (unpaired) electrons. The number of aromatic amines is 1. The number of oxime groups is 1. The zero-order valence-corrected chi connectivity index (χ0v) is 9.42. The second kappa shape index (κ2) is 5.30. The third kappa shape index (κ3) is 2.84. The molecule has 2 heterocycles. The van der Waals surface area contributed by atoms with Gasteiger partial charge in [-0.2, -0.15) is 0 Å². The first-order chi connectivity index (χ1) is 8.66. The van der Waals surface area contributed by atoms with Crippen LogP contribution in [0.4, 0.5) is 0 Å². The van der Waals surface area contributed by atoms with Crippen LogP contribution in [-0.2, 0) is 20.8 Å². The van der Waals surface area contributed by atoms with Crippen molar-refractivity contribution in [2.24, 2.45) is 5.16 Å². The molecule has 8 heteroatoms. The zero-order valence-electron chi connectivity index (χ0n) is 9.42. The summed E-state index contributed by atoms with van der Waals surface area (Å²) in [6, 6.07) is 0. The molecular formula is C10H12N4O4. The molecule has 0 aliphatic carbocycles. The normalized spacial score (nSPS) is 18.0. The van der Waals surface area contributed by atoms with Crippen LogP contribution in [0.15, 0.2) is 17.7 Å². The Kier molecular flexibility index (Phi) is 3.56. The number of aliphatic carboxylic acids is 1. The molecule has 8 nitrogen and oxygen atoms in total. The van der Waals surface area contributed by atoms with E-state index in [1.54, 1.807) is 12.5 Å². The van der Waals surface area contributed by atoms with Crippen molar-refractivity contribution < 1.29 is 19.5 Å². The number of hydrogen-bond acceptors (Lipinski definition) is 5. The number of H-pyrrole nitrogens is 1. The summed E-state index contributed by atoms with van der Waals surface area (Å²) in [5, 5.41) is 14.6. The summed E-state index contributed by atoms with van der Waals surface area (Å²) in [6.45, 7) is 0.420. The molecule has 2 rings (SSSR count). The Labute approximate surface area is 102 Å². The van der Waals surface area contributed by atoms with Crippen LogP contribution in [-0.4, -0.2) is 45.3 Å². The van der Waals surface area contributed by atoms with Crippen molar-refractivity contribution in [1.82, 2.24) is 15.3 Å². The second-order valence-electron chi connectivity index (χ2n) is 3.76. The summed E-state index contributed by atoms with van der Waals surface area (Å²) in [5.41, 5.74) is 0.772. The quantitative estimate of drug-likeness (QED) is 0.640. The van der Waals surface area contributed by atoms with E-state index in [0.717, 1.165) is 5.69 Å². The third-order valence-corrected chi connectivity index (χ3v) is 2.46. The molecule has 0 aromatic carbocycles. The predicted molar refractivity (Wildman–Crippen MR) is 59.9 cm³/mol. The number of aromatic nitrogens is 2. The fraction of sp³-hybridized carbons (Fsp3) is 0.400. The first-order valence-electron chi connectivity index (χ1n) is 5.38. The van der Waals surface area contributed by atoms with Crippen LogP contribution >= 0.6 is 0 Å². The highest BCUT2D eigenvalue weighted by Gasteiger charge is 2.31. The molecule has 0 spiro atoms. The molecule has 96 valence electrons. The predicted octanol–water partition coefficient (Wildman–Crippen LogP) is -0.702. The highest BCUT2D eigenvalue weighted by atomic mass is 16.6. The highest BCUT2D eigenvalue weighted by molar-refractivity contribution is 6.36. The molecule has 1 atom stereocenters. The van der Waals surface area contributed by atoms with Crippen LogP contribution in [0.2, 0.25) is 0 Å². The molecule has 0 saturated carbocycles. The minimum atomic E-state index is -1.16. The Hall–Kier alpha value is -2.38. The molecule has 0 bridgehead atoms. The Balaban J connectivity index is 1.72. The summed E-state index contributed by atoms with van der Waals surface area (Å²) >= 11 is 0. The fourth-order valence-electron chi connectivity index (χ4n) is 1.50. The monoisotopic (exact) mass is 252 g/mol. The molecule has 1 aliphatic heterocycles. The van der Waals surface area contributed by atoms with E-state index >= 15 is 0 Å². The maximum Gasteiger partial charge on any atom is 0.353 e. The van der Waals surface area contributed by atoms with Gasteiger partial charge in [-0.15, -0.1) is 0 Å². The van der Waals surface area contributed by atoms with Gasteiger partial charge in [-0.1, -0.05) is 5.16 Å². The van der Waals surface area contributed by atoms with E-state index in [2.05, 4.69) is 20.4 Å². The van der Waals surface area contributed by atoms with Gasteiger partial charge < -0.3 is 20.2 Å². The van der Waals surface area contributed by atoms with Crippen molar-refractivity contribution in [3.63, 3.8) is 0 Å². The molecule has 1 aromatic heterocycles. The van der Waals surface area contributed by atoms with Crippen LogP contribution in [0.3, 0.4) is 0 Å². The molecule has 0 fully saturated rings. The molecule has 1 aliphatic rings. The number of imidazole rings is 1. The van der Waals surface area contributed by atoms with Gasteiger partial charge in [0, 0.05) is 31.3 Å². The first-order valence-corrected chi connectivity index (χ1v) is 5.38. The molecule has 18 heavy (non-hydrogen) atoms. The number of nitrogens with one attached hydrogen (secondary N) is 2. The zero-order chi connectivity index (χ0) is 13.0. The Bertz CT molecular complexity index is 468. The van der Waals surface area contributed by atoms with Crippen molar-refractivity contribution >= 4 is 17.6 Å². The third-order valence-electron chi connectivity index (χ3n) is 2.46. The molecule has 1 unspecified atom stereocenters.